The third-order valence-corrected chi connectivity index (χ3v) is 3.59. The standard InChI is InChI=1S/C17H18N2O4/c1-10(2)15-13(9-22-19-15)17(20)18-8-12-7-11-5-4-6-14(21-3)16(11)23-12/h4-7,9-10H,8H2,1-3H3,(H,18,20). The number of para-hydroxylation sites is 1. The van der Waals surface area contributed by atoms with E-state index in [9.17, 15) is 4.79 Å². The number of carbonyl (C=O) groups is 1. The molecule has 0 saturated heterocycles. The zero-order valence-corrected chi connectivity index (χ0v) is 13.3. The van der Waals surface area contributed by atoms with Crippen molar-refractivity contribution in [3.63, 3.8) is 0 Å². The van der Waals surface area contributed by atoms with Gasteiger partial charge in [0.15, 0.2) is 11.3 Å². The second-order valence-corrected chi connectivity index (χ2v) is 5.54. The molecule has 3 rings (SSSR count). The molecule has 0 radical (unpaired) electrons. The van der Waals surface area contributed by atoms with Gasteiger partial charge < -0.3 is 19.0 Å². The summed E-state index contributed by atoms with van der Waals surface area (Å²) in [5.74, 6) is 1.20. The predicted molar refractivity (Wildman–Crippen MR) is 84.5 cm³/mol. The Labute approximate surface area is 133 Å². The first-order chi connectivity index (χ1) is 11.1. The molecule has 0 aliphatic rings. The molecule has 0 fully saturated rings. The number of ether oxygens (including phenoxy) is 1. The van der Waals surface area contributed by atoms with Crippen LogP contribution in [0, 0.1) is 0 Å². The number of fused-ring (bicyclic) bond motifs is 1. The van der Waals surface area contributed by atoms with Crippen LogP contribution >= 0.6 is 0 Å². The summed E-state index contributed by atoms with van der Waals surface area (Å²) in [5, 5.41) is 7.63. The van der Waals surface area contributed by atoms with Gasteiger partial charge in [0, 0.05) is 5.39 Å². The van der Waals surface area contributed by atoms with Crippen LogP contribution in [0.3, 0.4) is 0 Å². The van der Waals surface area contributed by atoms with Gasteiger partial charge in [0.1, 0.15) is 17.6 Å². The van der Waals surface area contributed by atoms with E-state index in [4.69, 9.17) is 13.7 Å². The van der Waals surface area contributed by atoms with E-state index < -0.39 is 0 Å². The van der Waals surface area contributed by atoms with Gasteiger partial charge in [0.05, 0.1) is 19.3 Å². The fourth-order valence-corrected chi connectivity index (χ4v) is 2.43. The summed E-state index contributed by atoms with van der Waals surface area (Å²) in [6, 6.07) is 7.55. The van der Waals surface area contributed by atoms with Crippen molar-refractivity contribution in [3.05, 3.63) is 47.5 Å². The van der Waals surface area contributed by atoms with Crippen LogP contribution < -0.4 is 10.1 Å². The normalized spacial score (nSPS) is 11.1. The number of nitrogens with zero attached hydrogens (tertiary/aromatic N) is 1. The number of nitrogens with one attached hydrogen (secondary N) is 1. The Morgan fingerprint density at radius 2 is 2.22 bits per heavy atom. The number of hydrogen-bond acceptors (Lipinski definition) is 5. The van der Waals surface area contributed by atoms with Crippen LogP contribution in [0.4, 0.5) is 0 Å². The number of amides is 1. The topological polar surface area (TPSA) is 77.5 Å². The Morgan fingerprint density at radius 3 is 2.96 bits per heavy atom. The molecule has 6 heteroatoms. The van der Waals surface area contributed by atoms with E-state index in [-0.39, 0.29) is 18.4 Å². The SMILES string of the molecule is COc1cccc2cc(CNC(=O)c3conc3C(C)C)oc12. The summed E-state index contributed by atoms with van der Waals surface area (Å²) in [6.45, 7) is 4.19. The third-order valence-electron chi connectivity index (χ3n) is 3.59. The largest absolute Gasteiger partial charge is 0.493 e. The minimum Gasteiger partial charge on any atom is -0.493 e. The Kier molecular flexibility index (Phi) is 4.06. The van der Waals surface area contributed by atoms with Crippen molar-refractivity contribution in [2.45, 2.75) is 26.3 Å². The smallest absolute Gasteiger partial charge is 0.256 e. The molecule has 1 aromatic carbocycles. The molecular weight excluding hydrogens is 296 g/mol. The van der Waals surface area contributed by atoms with E-state index in [1.54, 1.807) is 7.11 Å². The van der Waals surface area contributed by atoms with Gasteiger partial charge in [-0.3, -0.25) is 4.79 Å². The zero-order chi connectivity index (χ0) is 16.4. The van der Waals surface area contributed by atoms with E-state index in [0.29, 0.717) is 28.4 Å². The number of benzene rings is 1. The molecule has 6 nitrogen and oxygen atoms in total. The Balaban J connectivity index is 1.75. The molecule has 1 N–H and O–H groups in total. The van der Waals surface area contributed by atoms with Gasteiger partial charge in [-0.25, -0.2) is 0 Å². The fourth-order valence-electron chi connectivity index (χ4n) is 2.43. The summed E-state index contributed by atoms with van der Waals surface area (Å²) in [7, 11) is 1.60. The summed E-state index contributed by atoms with van der Waals surface area (Å²) in [4.78, 5) is 12.3. The number of hydrogen-bond donors (Lipinski definition) is 1. The molecule has 0 aliphatic carbocycles. The molecule has 2 heterocycles. The third kappa shape index (κ3) is 2.92. The van der Waals surface area contributed by atoms with Crippen molar-refractivity contribution in [2.75, 3.05) is 7.11 Å². The maximum Gasteiger partial charge on any atom is 0.256 e. The minimum absolute atomic E-state index is 0.116. The lowest BCUT2D eigenvalue weighted by molar-refractivity contribution is 0.0946. The highest BCUT2D eigenvalue weighted by atomic mass is 16.5. The van der Waals surface area contributed by atoms with Crippen LogP contribution in [0.2, 0.25) is 0 Å². The van der Waals surface area contributed by atoms with Crippen molar-refractivity contribution in [1.82, 2.24) is 10.5 Å². The predicted octanol–water partition coefficient (Wildman–Crippen LogP) is 3.48. The molecule has 0 saturated carbocycles. The van der Waals surface area contributed by atoms with Gasteiger partial charge in [-0.1, -0.05) is 31.1 Å². The number of methoxy groups -OCH3 is 1. The van der Waals surface area contributed by atoms with E-state index in [1.165, 1.54) is 6.26 Å². The monoisotopic (exact) mass is 314 g/mol. The quantitative estimate of drug-likeness (QED) is 0.780. The highest BCUT2D eigenvalue weighted by molar-refractivity contribution is 5.95. The van der Waals surface area contributed by atoms with Gasteiger partial charge in [-0.2, -0.15) is 0 Å². The second-order valence-electron chi connectivity index (χ2n) is 5.54. The van der Waals surface area contributed by atoms with Crippen LogP contribution in [-0.4, -0.2) is 18.2 Å². The molecule has 2 aromatic heterocycles. The van der Waals surface area contributed by atoms with E-state index in [0.717, 1.165) is 5.39 Å². The van der Waals surface area contributed by atoms with Crippen molar-refractivity contribution < 1.29 is 18.5 Å². The maximum atomic E-state index is 12.3. The molecule has 0 spiro atoms. The molecule has 23 heavy (non-hydrogen) atoms. The summed E-state index contributed by atoms with van der Waals surface area (Å²) in [6.07, 6.45) is 1.37. The lowest BCUT2D eigenvalue weighted by atomic mass is 10.1. The Morgan fingerprint density at radius 1 is 1.39 bits per heavy atom. The van der Waals surface area contributed by atoms with Crippen molar-refractivity contribution >= 4 is 16.9 Å². The van der Waals surface area contributed by atoms with Crippen molar-refractivity contribution in [2.24, 2.45) is 0 Å². The maximum absolute atomic E-state index is 12.3. The molecule has 0 atom stereocenters. The average Bonchev–Trinajstić information content (AvgIpc) is 3.18. The van der Waals surface area contributed by atoms with Crippen LogP contribution in [0.25, 0.3) is 11.0 Å². The number of furan rings is 1. The molecule has 120 valence electrons. The summed E-state index contributed by atoms with van der Waals surface area (Å²) in [5.41, 5.74) is 1.77. The van der Waals surface area contributed by atoms with Crippen LogP contribution in [0.5, 0.6) is 5.75 Å². The van der Waals surface area contributed by atoms with Crippen LogP contribution in [0.15, 0.2) is 39.5 Å². The van der Waals surface area contributed by atoms with Gasteiger partial charge in [0.2, 0.25) is 0 Å². The Hall–Kier alpha value is -2.76. The van der Waals surface area contributed by atoms with Crippen LogP contribution in [-0.2, 0) is 6.54 Å². The lowest BCUT2D eigenvalue weighted by Crippen LogP contribution is -2.23. The second kappa shape index (κ2) is 6.16. The highest BCUT2D eigenvalue weighted by Crippen LogP contribution is 2.28. The summed E-state index contributed by atoms with van der Waals surface area (Å²) >= 11 is 0. The lowest BCUT2D eigenvalue weighted by Gasteiger charge is -2.04. The van der Waals surface area contributed by atoms with E-state index >= 15 is 0 Å². The average molecular weight is 314 g/mol. The fraction of sp³-hybridized carbons (Fsp3) is 0.294. The first-order valence-corrected chi connectivity index (χ1v) is 7.38. The van der Waals surface area contributed by atoms with Gasteiger partial charge >= 0.3 is 0 Å². The van der Waals surface area contributed by atoms with E-state index in [1.807, 2.05) is 38.1 Å². The molecule has 3 aromatic rings. The first kappa shape index (κ1) is 15.1. The minimum atomic E-state index is -0.234. The molecule has 0 unspecified atom stereocenters. The van der Waals surface area contributed by atoms with Gasteiger partial charge in [0.25, 0.3) is 5.91 Å². The van der Waals surface area contributed by atoms with Crippen LogP contribution in [0.1, 0.15) is 41.6 Å². The number of rotatable bonds is 5. The van der Waals surface area contributed by atoms with Gasteiger partial charge in [-0.15, -0.1) is 0 Å². The van der Waals surface area contributed by atoms with Gasteiger partial charge in [-0.05, 0) is 18.1 Å². The first-order valence-electron chi connectivity index (χ1n) is 7.38. The zero-order valence-electron chi connectivity index (χ0n) is 13.3. The van der Waals surface area contributed by atoms with Crippen molar-refractivity contribution in [1.29, 1.82) is 0 Å². The summed E-state index contributed by atoms with van der Waals surface area (Å²) < 4.78 is 15.9. The van der Waals surface area contributed by atoms with Crippen molar-refractivity contribution in [3.8, 4) is 5.75 Å². The number of aromatic nitrogens is 1. The molecule has 1 amide bonds. The number of carbonyl (C=O) groups excluding carboxylic acids is 1. The molecular formula is C17H18N2O4. The highest BCUT2D eigenvalue weighted by Gasteiger charge is 2.18. The van der Waals surface area contributed by atoms with E-state index in [2.05, 4.69) is 10.5 Å². The molecule has 0 bridgehead atoms. The molecule has 0 aliphatic heterocycles. The Bertz CT molecular complexity index is 832.